The van der Waals surface area contributed by atoms with Gasteiger partial charge in [-0.2, -0.15) is 0 Å². The molecule has 0 radical (unpaired) electrons. The Bertz CT molecular complexity index is 1200. The molecule has 2 heteroatoms. The van der Waals surface area contributed by atoms with Crippen LogP contribution in [0.2, 0.25) is 0 Å². The van der Waals surface area contributed by atoms with E-state index in [-0.39, 0.29) is 11.5 Å². The van der Waals surface area contributed by atoms with Gasteiger partial charge in [0.2, 0.25) is 0 Å². The van der Waals surface area contributed by atoms with Crippen LogP contribution in [0.25, 0.3) is 28.2 Å². The minimum atomic E-state index is -0.314. The maximum absolute atomic E-state index is 12.6. The SMILES string of the molecule is C=CC(C/C=C/c1ccccc1)c1c(-c2ccccc2)oc(=O)c2ccccc12. The molecule has 4 aromatic rings. The first-order valence-electron chi connectivity index (χ1n) is 9.73. The summed E-state index contributed by atoms with van der Waals surface area (Å²) >= 11 is 0. The molecule has 0 fully saturated rings. The highest BCUT2D eigenvalue weighted by Crippen LogP contribution is 2.36. The fourth-order valence-electron chi connectivity index (χ4n) is 3.64. The highest BCUT2D eigenvalue weighted by Gasteiger charge is 2.20. The van der Waals surface area contributed by atoms with Gasteiger partial charge >= 0.3 is 5.63 Å². The Kier molecular flexibility index (Phi) is 5.53. The van der Waals surface area contributed by atoms with Crippen molar-refractivity contribution in [2.24, 2.45) is 0 Å². The van der Waals surface area contributed by atoms with Crippen LogP contribution in [0.1, 0.15) is 23.5 Å². The summed E-state index contributed by atoms with van der Waals surface area (Å²) in [6.45, 7) is 4.07. The molecular weight excluding hydrogens is 356 g/mol. The Balaban J connectivity index is 1.83. The molecule has 0 aliphatic carbocycles. The van der Waals surface area contributed by atoms with E-state index in [1.165, 1.54) is 0 Å². The number of fused-ring (bicyclic) bond motifs is 1. The first kappa shape index (κ1) is 18.7. The Labute approximate surface area is 170 Å². The van der Waals surface area contributed by atoms with Gasteiger partial charge in [0.1, 0.15) is 5.76 Å². The molecule has 2 nitrogen and oxygen atoms in total. The number of hydrogen-bond donors (Lipinski definition) is 0. The van der Waals surface area contributed by atoms with Crippen LogP contribution in [-0.2, 0) is 0 Å². The largest absolute Gasteiger partial charge is 0.422 e. The molecule has 1 unspecified atom stereocenters. The quantitative estimate of drug-likeness (QED) is 0.344. The van der Waals surface area contributed by atoms with Gasteiger partial charge in [-0.25, -0.2) is 4.79 Å². The second-order valence-corrected chi connectivity index (χ2v) is 6.93. The Hall–Kier alpha value is -3.65. The van der Waals surface area contributed by atoms with Crippen molar-refractivity contribution in [2.45, 2.75) is 12.3 Å². The summed E-state index contributed by atoms with van der Waals surface area (Å²) in [7, 11) is 0. The van der Waals surface area contributed by atoms with Crippen LogP contribution in [-0.4, -0.2) is 0 Å². The first-order valence-corrected chi connectivity index (χ1v) is 9.73. The summed E-state index contributed by atoms with van der Waals surface area (Å²) in [5, 5.41) is 1.52. The zero-order valence-corrected chi connectivity index (χ0v) is 16.1. The number of benzene rings is 3. The number of rotatable bonds is 6. The smallest absolute Gasteiger partial charge is 0.344 e. The fourth-order valence-corrected chi connectivity index (χ4v) is 3.64. The van der Waals surface area contributed by atoms with Crippen molar-refractivity contribution in [3.05, 3.63) is 125 Å². The van der Waals surface area contributed by atoms with Gasteiger partial charge < -0.3 is 4.42 Å². The average molecular weight is 378 g/mol. The monoisotopic (exact) mass is 378 g/mol. The van der Waals surface area contributed by atoms with Crippen molar-refractivity contribution in [1.82, 2.24) is 0 Å². The fraction of sp³-hybridized carbons (Fsp3) is 0.0741. The van der Waals surface area contributed by atoms with Gasteiger partial charge in [-0.15, -0.1) is 6.58 Å². The minimum absolute atomic E-state index is 0.0134. The molecule has 1 aromatic heterocycles. The first-order chi connectivity index (χ1) is 14.3. The summed E-state index contributed by atoms with van der Waals surface area (Å²) < 4.78 is 5.83. The van der Waals surface area contributed by atoms with E-state index in [0.717, 1.165) is 28.5 Å². The van der Waals surface area contributed by atoms with Crippen molar-refractivity contribution < 1.29 is 4.42 Å². The van der Waals surface area contributed by atoms with E-state index < -0.39 is 0 Å². The van der Waals surface area contributed by atoms with Crippen molar-refractivity contribution >= 4 is 16.8 Å². The minimum Gasteiger partial charge on any atom is -0.422 e. The molecule has 0 aliphatic rings. The zero-order chi connectivity index (χ0) is 20.1. The molecule has 0 aliphatic heterocycles. The standard InChI is InChI=1S/C27H22O2/c1-2-21(17-11-14-20-12-5-3-6-13-20)25-23-18-9-10-19-24(23)27(28)29-26(25)22-15-7-4-8-16-22/h2-16,18-19,21H,1,17H2/b14-11+. The summed E-state index contributed by atoms with van der Waals surface area (Å²) in [6, 6.07) is 27.6. The molecular formula is C27H22O2. The Morgan fingerprint density at radius 1 is 0.828 bits per heavy atom. The van der Waals surface area contributed by atoms with Crippen molar-refractivity contribution in [3.8, 4) is 11.3 Å². The maximum atomic E-state index is 12.6. The van der Waals surface area contributed by atoms with Crippen LogP contribution in [0, 0.1) is 0 Å². The Morgan fingerprint density at radius 3 is 2.14 bits per heavy atom. The molecule has 29 heavy (non-hydrogen) atoms. The molecule has 0 saturated carbocycles. The molecule has 3 aromatic carbocycles. The molecule has 0 spiro atoms. The lowest BCUT2D eigenvalue weighted by Gasteiger charge is -2.17. The Morgan fingerprint density at radius 2 is 1.45 bits per heavy atom. The second kappa shape index (κ2) is 8.57. The summed E-state index contributed by atoms with van der Waals surface area (Å²) in [5.41, 5.74) is 2.73. The van der Waals surface area contributed by atoms with Crippen LogP contribution >= 0.6 is 0 Å². The second-order valence-electron chi connectivity index (χ2n) is 6.93. The van der Waals surface area contributed by atoms with Gasteiger partial charge in [-0.05, 0) is 23.4 Å². The predicted molar refractivity (Wildman–Crippen MR) is 121 cm³/mol. The lowest BCUT2D eigenvalue weighted by atomic mass is 9.88. The van der Waals surface area contributed by atoms with Gasteiger partial charge in [0.15, 0.2) is 0 Å². The van der Waals surface area contributed by atoms with Crippen molar-refractivity contribution in [1.29, 1.82) is 0 Å². The van der Waals surface area contributed by atoms with Crippen molar-refractivity contribution in [3.63, 3.8) is 0 Å². The van der Waals surface area contributed by atoms with Gasteiger partial charge in [0.05, 0.1) is 5.39 Å². The average Bonchev–Trinajstić information content (AvgIpc) is 2.79. The molecule has 0 N–H and O–H groups in total. The van der Waals surface area contributed by atoms with Crippen LogP contribution in [0.4, 0.5) is 0 Å². The molecule has 142 valence electrons. The van der Waals surface area contributed by atoms with E-state index in [1.54, 1.807) is 0 Å². The number of allylic oxidation sites excluding steroid dienone is 2. The van der Waals surface area contributed by atoms with Crippen molar-refractivity contribution in [2.75, 3.05) is 0 Å². The van der Waals surface area contributed by atoms with E-state index in [4.69, 9.17) is 4.42 Å². The predicted octanol–water partition coefficient (Wildman–Crippen LogP) is 6.83. The molecule has 0 amide bonds. The van der Waals surface area contributed by atoms with E-state index >= 15 is 0 Å². The van der Waals surface area contributed by atoms with Crippen LogP contribution in [0.3, 0.4) is 0 Å². The van der Waals surface area contributed by atoms with Crippen LogP contribution in [0.15, 0.2) is 113 Å². The third-order valence-corrected chi connectivity index (χ3v) is 5.07. The molecule has 0 saturated heterocycles. The van der Waals surface area contributed by atoms with Gasteiger partial charge in [0.25, 0.3) is 0 Å². The third kappa shape index (κ3) is 3.97. The van der Waals surface area contributed by atoms with Gasteiger partial charge in [-0.3, -0.25) is 0 Å². The summed E-state index contributed by atoms with van der Waals surface area (Å²) in [4.78, 5) is 12.6. The lowest BCUT2D eigenvalue weighted by Crippen LogP contribution is -2.07. The van der Waals surface area contributed by atoms with Gasteiger partial charge in [-0.1, -0.05) is 97.1 Å². The van der Waals surface area contributed by atoms with Gasteiger partial charge in [0, 0.05) is 17.0 Å². The van der Waals surface area contributed by atoms with E-state index in [1.807, 2.05) is 78.9 Å². The number of hydrogen-bond acceptors (Lipinski definition) is 2. The van der Waals surface area contributed by atoms with Crippen LogP contribution in [0.5, 0.6) is 0 Å². The van der Waals surface area contributed by atoms with E-state index in [2.05, 4.69) is 30.9 Å². The summed E-state index contributed by atoms with van der Waals surface area (Å²) in [6.07, 6.45) is 6.95. The topological polar surface area (TPSA) is 30.2 Å². The molecule has 1 heterocycles. The highest BCUT2D eigenvalue weighted by molar-refractivity contribution is 5.89. The lowest BCUT2D eigenvalue weighted by molar-refractivity contribution is 0.526. The molecule has 4 rings (SSSR count). The zero-order valence-electron chi connectivity index (χ0n) is 16.1. The van der Waals surface area contributed by atoms with E-state index in [9.17, 15) is 4.79 Å². The third-order valence-electron chi connectivity index (χ3n) is 5.07. The summed E-state index contributed by atoms with van der Waals surface area (Å²) in [5.74, 6) is 0.631. The maximum Gasteiger partial charge on any atom is 0.344 e. The van der Waals surface area contributed by atoms with Crippen LogP contribution < -0.4 is 5.63 Å². The molecule has 1 atom stereocenters. The molecule has 0 bridgehead atoms. The van der Waals surface area contributed by atoms with E-state index in [0.29, 0.717) is 11.1 Å². The normalized spacial score (nSPS) is 12.3. The highest BCUT2D eigenvalue weighted by atomic mass is 16.4.